The van der Waals surface area contributed by atoms with Gasteiger partial charge in [-0.2, -0.15) is 4.31 Å². The van der Waals surface area contributed by atoms with E-state index in [1.54, 1.807) is 18.2 Å². The average molecular weight is 508 g/mol. The molecule has 184 valence electrons. The van der Waals surface area contributed by atoms with Gasteiger partial charge >= 0.3 is 5.97 Å². The number of aryl methyl sites for hydroxylation is 1. The molecule has 1 amide bonds. The number of carbonyl (C=O) groups excluding carboxylic acids is 1. The normalized spacial score (nSPS) is 19.8. The van der Waals surface area contributed by atoms with Crippen LogP contribution in [-0.4, -0.2) is 54.9 Å². The number of aromatic nitrogens is 1. The molecule has 2 fully saturated rings. The number of aliphatic carboxylic acids is 1. The summed E-state index contributed by atoms with van der Waals surface area (Å²) in [6.07, 6.45) is 4.84. The molecule has 2 heterocycles. The lowest BCUT2D eigenvalue weighted by molar-refractivity contribution is -0.142. The maximum atomic E-state index is 13.5. The van der Waals surface area contributed by atoms with Crippen molar-refractivity contribution in [2.75, 3.05) is 25.5 Å². The van der Waals surface area contributed by atoms with Gasteiger partial charge in [-0.25, -0.2) is 13.4 Å². The third-order valence-corrected chi connectivity index (χ3v) is 9.54. The number of carbonyl (C=O) groups is 2. The molecule has 1 aromatic heterocycles. The zero-order chi connectivity index (χ0) is 24.5. The summed E-state index contributed by atoms with van der Waals surface area (Å²) in [5, 5.41) is 12.8. The van der Waals surface area contributed by atoms with Gasteiger partial charge in [-0.3, -0.25) is 9.59 Å². The molecule has 0 bridgehead atoms. The van der Waals surface area contributed by atoms with Crippen LogP contribution in [0.4, 0.5) is 5.13 Å². The van der Waals surface area contributed by atoms with Gasteiger partial charge < -0.3 is 15.2 Å². The molecule has 1 unspecified atom stereocenters. The van der Waals surface area contributed by atoms with Crippen molar-refractivity contribution < 1.29 is 27.9 Å². The smallest absolute Gasteiger partial charge is 0.307 e. The van der Waals surface area contributed by atoms with E-state index < -0.39 is 21.9 Å². The number of hydrogen-bond donors (Lipinski definition) is 2. The Morgan fingerprint density at radius 1 is 1.18 bits per heavy atom. The van der Waals surface area contributed by atoms with Gasteiger partial charge in [0.2, 0.25) is 15.9 Å². The molecule has 9 nitrogen and oxygen atoms in total. The first kappa shape index (κ1) is 24.6. The zero-order valence-corrected chi connectivity index (χ0v) is 20.9. The third kappa shape index (κ3) is 4.96. The van der Waals surface area contributed by atoms with E-state index in [0.29, 0.717) is 29.2 Å². The fourth-order valence-corrected chi connectivity index (χ4v) is 7.31. The second kappa shape index (κ2) is 10.0. The summed E-state index contributed by atoms with van der Waals surface area (Å²) >= 11 is 1.30. The molecule has 2 aromatic rings. The number of sulfonamides is 1. The largest absolute Gasteiger partial charge is 0.495 e. The Labute approximate surface area is 203 Å². The Kier molecular flexibility index (Phi) is 7.25. The highest BCUT2D eigenvalue weighted by molar-refractivity contribution is 7.89. The number of anilines is 1. The minimum Gasteiger partial charge on any atom is -0.495 e. The summed E-state index contributed by atoms with van der Waals surface area (Å²) in [7, 11) is -2.58. The average Bonchev–Trinajstić information content (AvgIpc) is 3.49. The van der Waals surface area contributed by atoms with Gasteiger partial charge in [0.15, 0.2) is 5.13 Å². The van der Waals surface area contributed by atoms with Crippen LogP contribution in [0.5, 0.6) is 5.75 Å². The van der Waals surface area contributed by atoms with E-state index >= 15 is 0 Å². The number of methoxy groups -OCH3 is 1. The van der Waals surface area contributed by atoms with Crippen LogP contribution in [0, 0.1) is 18.8 Å². The predicted octanol–water partition coefficient (Wildman–Crippen LogP) is 3.74. The molecule has 0 spiro atoms. The monoisotopic (exact) mass is 507 g/mol. The van der Waals surface area contributed by atoms with Gasteiger partial charge in [0.1, 0.15) is 10.6 Å². The molecule has 1 atom stereocenters. The van der Waals surface area contributed by atoms with Crippen molar-refractivity contribution >= 4 is 38.4 Å². The maximum Gasteiger partial charge on any atom is 0.307 e. The summed E-state index contributed by atoms with van der Waals surface area (Å²) in [6, 6.07) is 4.90. The molecular formula is C23H29N3O6S2. The fourth-order valence-electron chi connectivity index (χ4n) is 4.63. The van der Waals surface area contributed by atoms with Gasteiger partial charge in [-0.15, -0.1) is 0 Å². The van der Waals surface area contributed by atoms with E-state index in [1.807, 2.05) is 6.92 Å². The number of rotatable bonds is 7. The van der Waals surface area contributed by atoms with Crippen LogP contribution in [0.2, 0.25) is 0 Å². The van der Waals surface area contributed by atoms with Crippen molar-refractivity contribution in [3.8, 4) is 16.2 Å². The second-order valence-corrected chi connectivity index (χ2v) is 11.7. The molecule has 2 aliphatic rings. The van der Waals surface area contributed by atoms with E-state index in [4.69, 9.17) is 4.74 Å². The number of nitrogens with one attached hydrogen (secondary N) is 1. The highest BCUT2D eigenvalue weighted by atomic mass is 32.2. The first-order valence-electron chi connectivity index (χ1n) is 11.4. The molecule has 4 rings (SSSR count). The molecular weight excluding hydrogens is 478 g/mol. The van der Waals surface area contributed by atoms with Gasteiger partial charge in [-0.05, 0) is 56.4 Å². The van der Waals surface area contributed by atoms with E-state index in [0.717, 1.165) is 30.6 Å². The Hall–Kier alpha value is -2.50. The number of amides is 1. The van der Waals surface area contributed by atoms with Crippen LogP contribution in [0.3, 0.4) is 0 Å². The van der Waals surface area contributed by atoms with E-state index in [9.17, 15) is 23.1 Å². The highest BCUT2D eigenvalue weighted by Crippen LogP contribution is 2.38. The van der Waals surface area contributed by atoms with E-state index in [-0.39, 0.29) is 35.6 Å². The number of carboxylic acid groups (broad SMARTS) is 1. The molecule has 34 heavy (non-hydrogen) atoms. The summed E-state index contributed by atoms with van der Waals surface area (Å²) in [4.78, 5) is 29.2. The van der Waals surface area contributed by atoms with Crippen LogP contribution >= 0.6 is 11.3 Å². The number of benzene rings is 1. The summed E-state index contributed by atoms with van der Waals surface area (Å²) < 4.78 is 33.5. The van der Waals surface area contributed by atoms with Crippen LogP contribution in [0.25, 0.3) is 10.4 Å². The van der Waals surface area contributed by atoms with Gasteiger partial charge in [-0.1, -0.05) is 24.2 Å². The number of piperidine rings is 1. The van der Waals surface area contributed by atoms with Gasteiger partial charge in [0, 0.05) is 19.0 Å². The maximum absolute atomic E-state index is 13.5. The second-order valence-electron chi connectivity index (χ2n) is 8.81. The number of thiazole rings is 1. The first-order valence-corrected chi connectivity index (χ1v) is 13.7. The zero-order valence-electron chi connectivity index (χ0n) is 19.2. The number of carboxylic acids is 1. The van der Waals surface area contributed by atoms with E-state index in [2.05, 4.69) is 10.3 Å². The predicted molar refractivity (Wildman–Crippen MR) is 129 cm³/mol. The minimum absolute atomic E-state index is 0.0112. The Morgan fingerprint density at radius 3 is 2.56 bits per heavy atom. The van der Waals surface area contributed by atoms with Crippen molar-refractivity contribution in [3.05, 3.63) is 23.9 Å². The van der Waals surface area contributed by atoms with E-state index in [1.165, 1.54) is 22.8 Å². The Bertz CT molecular complexity index is 1190. The Morgan fingerprint density at radius 2 is 1.88 bits per heavy atom. The topological polar surface area (TPSA) is 126 Å². The standard InChI is InChI=1S/C23H29N3O6S2/c1-14-20(33-23(24-14)25-21(27)15-6-3-4-7-15)16-9-10-18(32-2)19(12-16)34(30,31)26-11-5-8-17(13-26)22(28)29/h9-10,12,15,17H,3-8,11,13H2,1-2H3,(H,28,29)(H,24,25,27). The van der Waals surface area contributed by atoms with Crippen molar-refractivity contribution in [3.63, 3.8) is 0 Å². The minimum atomic E-state index is -3.98. The van der Waals surface area contributed by atoms with Crippen molar-refractivity contribution in [1.29, 1.82) is 0 Å². The Balaban J connectivity index is 1.63. The molecule has 1 aliphatic heterocycles. The van der Waals surface area contributed by atoms with Crippen LogP contribution in [0.1, 0.15) is 44.2 Å². The van der Waals surface area contributed by atoms with Crippen LogP contribution in [-0.2, 0) is 19.6 Å². The quantitative estimate of drug-likeness (QED) is 0.585. The van der Waals surface area contributed by atoms with Gasteiger partial charge in [0.25, 0.3) is 0 Å². The number of nitrogens with zero attached hydrogens (tertiary/aromatic N) is 2. The van der Waals surface area contributed by atoms with Crippen LogP contribution < -0.4 is 10.1 Å². The highest BCUT2D eigenvalue weighted by Gasteiger charge is 2.35. The summed E-state index contributed by atoms with van der Waals surface area (Å²) in [5.41, 5.74) is 1.33. The molecule has 1 aromatic carbocycles. The third-order valence-electron chi connectivity index (χ3n) is 6.53. The number of ether oxygens (including phenoxy) is 1. The molecule has 1 aliphatic carbocycles. The number of hydrogen-bond acceptors (Lipinski definition) is 7. The lowest BCUT2D eigenvalue weighted by atomic mass is 10.0. The van der Waals surface area contributed by atoms with Gasteiger partial charge in [0.05, 0.1) is 23.6 Å². The van der Waals surface area contributed by atoms with Crippen molar-refractivity contribution in [1.82, 2.24) is 9.29 Å². The first-order chi connectivity index (χ1) is 16.2. The molecule has 0 radical (unpaired) electrons. The van der Waals surface area contributed by atoms with Crippen molar-refractivity contribution in [2.45, 2.75) is 50.3 Å². The molecule has 2 N–H and O–H groups in total. The summed E-state index contributed by atoms with van der Waals surface area (Å²) in [5.74, 6) is -1.53. The lowest BCUT2D eigenvalue weighted by Crippen LogP contribution is -2.42. The lowest BCUT2D eigenvalue weighted by Gasteiger charge is -2.30. The molecule has 1 saturated carbocycles. The van der Waals surface area contributed by atoms with Crippen molar-refractivity contribution in [2.24, 2.45) is 11.8 Å². The van der Waals surface area contributed by atoms with Crippen LogP contribution in [0.15, 0.2) is 23.1 Å². The molecule has 11 heteroatoms. The SMILES string of the molecule is COc1ccc(-c2sc(NC(=O)C3CCCC3)nc2C)cc1S(=O)(=O)N1CCCC(C(=O)O)C1. The molecule has 1 saturated heterocycles. The summed E-state index contributed by atoms with van der Waals surface area (Å²) in [6.45, 7) is 2.01. The fraction of sp³-hybridized carbons (Fsp3) is 0.522.